The summed E-state index contributed by atoms with van der Waals surface area (Å²) in [6, 6.07) is 11.7. The van der Waals surface area contributed by atoms with E-state index in [1.54, 1.807) is 14.2 Å². The van der Waals surface area contributed by atoms with Gasteiger partial charge in [-0.25, -0.2) is 0 Å². The molecule has 2 rings (SSSR count). The molecule has 0 atom stereocenters. The normalized spacial score (nSPS) is 10.3. The number of methoxy groups -OCH3 is 2. The molecule has 0 amide bonds. The van der Waals surface area contributed by atoms with Crippen LogP contribution in [0.4, 0.5) is 5.69 Å². The van der Waals surface area contributed by atoms with Crippen LogP contribution in [0.15, 0.2) is 40.9 Å². The highest BCUT2D eigenvalue weighted by atomic mass is 79.9. The van der Waals surface area contributed by atoms with Crippen LogP contribution in [0.1, 0.15) is 18.9 Å². The lowest BCUT2D eigenvalue weighted by atomic mass is 10.1. The summed E-state index contributed by atoms with van der Waals surface area (Å²) >= 11 is 3.60. The Balaban J connectivity index is 2.19. The van der Waals surface area contributed by atoms with Gasteiger partial charge in [0, 0.05) is 22.3 Å². The van der Waals surface area contributed by atoms with Gasteiger partial charge in [-0.1, -0.05) is 22.9 Å². The Labute approximate surface area is 145 Å². The summed E-state index contributed by atoms with van der Waals surface area (Å²) in [6.07, 6.45) is 0.945. The smallest absolute Gasteiger partial charge is 0.167 e. The van der Waals surface area contributed by atoms with E-state index >= 15 is 0 Å². The quantitative estimate of drug-likeness (QED) is 0.710. The van der Waals surface area contributed by atoms with E-state index in [-0.39, 0.29) is 0 Å². The summed E-state index contributed by atoms with van der Waals surface area (Å²) in [5.74, 6) is 2.36. The van der Waals surface area contributed by atoms with E-state index in [1.165, 1.54) is 0 Å². The highest BCUT2D eigenvalue weighted by molar-refractivity contribution is 9.10. The Kier molecular flexibility index (Phi) is 6.59. The van der Waals surface area contributed by atoms with Gasteiger partial charge in [0.25, 0.3) is 0 Å². The maximum atomic E-state index is 5.90. The van der Waals surface area contributed by atoms with Crippen LogP contribution in [0.3, 0.4) is 0 Å². The van der Waals surface area contributed by atoms with Gasteiger partial charge in [-0.05, 0) is 42.8 Å². The van der Waals surface area contributed by atoms with Gasteiger partial charge in [-0.3, -0.25) is 0 Å². The standard InChI is InChI=1S/C18H22BrNO3/c1-4-11-23-18-15(16(19)9-10-17(18)22-3)12-20-13-5-7-14(21-2)8-6-13/h5-10,20H,4,11-12H2,1-3H3. The topological polar surface area (TPSA) is 39.7 Å². The van der Waals surface area contributed by atoms with Gasteiger partial charge >= 0.3 is 0 Å². The lowest BCUT2D eigenvalue weighted by Gasteiger charge is -2.17. The van der Waals surface area contributed by atoms with Gasteiger partial charge in [-0.2, -0.15) is 0 Å². The molecule has 5 heteroatoms. The van der Waals surface area contributed by atoms with Gasteiger partial charge in [0.2, 0.25) is 0 Å². The molecule has 23 heavy (non-hydrogen) atoms. The Morgan fingerprint density at radius 3 is 2.35 bits per heavy atom. The first-order chi connectivity index (χ1) is 11.2. The number of rotatable bonds is 8. The molecular formula is C18H22BrNO3. The van der Waals surface area contributed by atoms with Crippen LogP contribution in [0.2, 0.25) is 0 Å². The number of halogens is 1. The number of ether oxygens (including phenoxy) is 3. The number of benzene rings is 2. The number of hydrogen-bond acceptors (Lipinski definition) is 4. The minimum Gasteiger partial charge on any atom is -0.497 e. The fourth-order valence-electron chi connectivity index (χ4n) is 2.17. The van der Waals surface area contributed by atoms with Gasteiger partial charge in [0.05, 0.1) is 20.8 Å². The fourth-order valence-corrected chi connectivity index (χ4v) is 2.62. The summed E-state index contributed by atoms with van der Waals surface area (Å²) in [6.45, 7) is 3.37. The molecule has 0 bridgehead atoms. The third-order valence-electron chi connectivity index (χ3n) is 3.40. The minimum atomic E-state index is 0.628. The SMILES string of the molecule is CCCOc1c(OC)ccc(Br)c1CNc1ccc(OC)cc1. The summed E-state index contributed by atoms with van der Waals surface area (Å²) in [4.78, 5) is 0. The van der Waals surface area contributed by atoms with Gasteiger partial charge in [0.15, 0.2) is 11.5 Å². The van der Waals surface area contributed by atoms with Gasteiger partial charge in [0.1, 0.15) is 5.75 Å². The third kappa shape index (κ3) is 4.55. The van der Waals surface area contributed by atoms with Gasteiger partial charge < -0.3 is 19.5 Å². The summed E-state index contributed by atoms with van der Waals surface area (Å²) < 4.78 is 17.5. The van der Waals surface area contributed by atoms with E-state index in [0.29, 0.717) is 13.2 Å². The van der Waals surface area contributed by atoms with E-state index < -0.39 is 0 Å². The van der Waals surface area contributed by atoms with Crippen LogP contribution < -0.4 is 19.5 Å². The van der Waals surface area contributed by atoms with Crippen molar-refractivity contribution < 1.29 is 14.2 Å². The van der Waals surface area contributed by atoms with Crippen molar-refractivity contribution in [3.63, 3.8) is 0 Å². The number of nitrogens with one attached hydrogen (secondary N) is 1. The van der Waals surface area contributed by atoms with E-state index in [0.717, 1.165) is 39.4 Å². The minimum absolute atomic E-state index is 0.628. The average Bonchev–Trinajstić information content (AvgIpc) is 2.59. The van der Waals surface area contributed by atoms with Crippen molar-refractivity contribution in [3.8, 4) is 17.2 Å². The molecule has 0 saturated carbocycles. The first kappa shape index (κ1) is 17.5. The lowest BCUT2D eigenvalue weighted by Crippen LogP contribution is -2.06. The van der Waals surface area contributed by atoms with Crippen LogP contribution in [-0.2, 0) is 6.54 Å². The van der Waals surface area contributed by atoms with E-state index in [2.05, 4.69) is 28.2 Å². The Morgan fingerprint density at radius 2 is 1.74 bits per heavy atom. The van der Waals surface area contributed by atoms with E-state index in [4.69, 9.17) is 14.2 Å². The molecule has 1 N–H and O–H groups in total. The largest absolute Gasteiger partial charge is 0.497 e. The van der Waals surface area contributed by atoms with Crippen LogP contribution in [0.5, 0.6) is 17.2 Å². The van der Waals surface area contributed by atoms with Crippen molar-refractivity contribution in [2.24, 2.45) is 0 Å². The second-order valence-corrected chi connectivity index (χ2v) is 5.84. The zero-order valence-electron chi connectivity index (χ0n) is 13.7. The highest BCUT2D eigenvalue weighted by Crippen LogP contribution is 2.37. The molecule has 0 aliphatic heterocycles. The summed E-state index contributed by atoms with van der Waals surface area (Å²) in [5, 5.41) is 3.40. The molecule has 2 aromatic rings. The zero-order valence-corrected chi connectivity index (χ0v) is 15.3. The Bertz CT molecular complexity index is 629. The van der Waals surface area contributed by atoms with Crippen molar-refractivity contribution >= 4 is 21.6 Å². The Morgan fingerprint density at radius 1 is 1.00 bits per heavy atom. The number of anilines is 1. The average molecular weight is 380 g/mol. The molecule has 0 aromatic heterocycles. The third-order valence-corrected chi connectivity index (χ3v) is 4.14. The van der Waals surface area contributed by atoms with Crippen LogP contribution in [-0.4, -0.2) is 20.8 Å². The Hall–Kier alpha value is -1.88. The van der Waals surface area contributed by atoms with Crippen molar-refractivity contribution in [2.75, 3.05) is 26.1 Å². The molecule has 0 spiro atoms. The molecule has 0 aliphatic rings. The van der Waals surface area contributed by atoms with Crippen molar-refractivity contribution in [1.82, 2.24) is 0 Å². The molecule has 0 heterocycles. The molecule has 124 valence electrons. The summed E-state index contributed by atoms with van der Waals surface area (Å²) in [7, 11) is 3.32. The monoisotopic (exact) mass is 379 g/mol. The molecule has 0 fully saturated rings. The molecule has 0 saturated heterocycles. The van der Waals surface area contributed by atoms with Crippen molar-refractivity contribution in [3.05, 3.63) is 46.4 Å². The summed E-state index contributed by atoms with van der Waals surface area (Å²) in [5.41, 5.74) is 2.05. The molecular weight excluding hydrogens is 358 g/mol. The molecule has 0 radical (unpaired) electrons. The second-order valence-electron chi connectivity index (χ2n) is 4.99. The maximum Gasteiger partial charge on any atom is 0.167 e. The van der Waals surface area contributed by atoms with Crippen LogP contribution in [0.25, 0.3) is 0 Å². The fraction of sp³-hybridized carbons (Fsp3) is 0.333. The molecule has 2 aromatic carbocycles. The van der Waals surface area contributed by atoms with Gasteiger partial charge in [-0.15, -0.1) is 0 Å². The first-order valence-electron chi connectivity index (χ1n) is 7.55. The van der Waals surface area contributed by atoms with E-state index in [1.807, 2.05) is 36.4 Å². The van der Waals surface area contributed by atoms with Crippen molar-refractivity contribution in [1.29, 1.82) is 0 Å². The molecule has 0 unspecified atom stereocenters. The number of hydrogen-bond donors (Lipinski definition) is 1. The predicted molar refractivity (Wildman–Crippen MR) is 96.8 cm³/mol. The van der Waals surface area contributed by atoms with Crippen molar-refractivity contribution in [2.45, 2.75) is 19.9 Å². The molecule has 4 nitrogen and oxygen atoms in total. The second kappa shape index (κ2) is 8.67. The van der Waals surface area contributed by atoms with Crippen LogP contribution in [0, 0.1) is 0 Å². The first-order valence-corrected chi connectivity index (χ1v) is 8.35. The lowest BCUT2D eigenvalue weighted by molar-refractivity contribution is 0.291. The predicted octanol–water partition coefficient (Wildman–Crippen LogP) is 4.87. The highest BCUT2D eigenvalue weighted by Gasteiger charge is 2.14. The van der Waals surface area contributed by atoms with Crippen LogP contribution >= 0.6 is 15.9 Å². The maximum absolute atomic E-state index is 5.90. The van der Waals surface area contributed by atoms with E-state index in [9.17, 15) is 0 Å². The molecule has 0 aliphatic carbocycles. The zero-order chi connectivity index (χ0) is 16.7.